The molecule has 1 aromatic carbocycles. The third-order valence-electron chi connectivity index (χ3n) is 3.18. The van der Waals surface area contributed by atoms with Gasteiger partial charge in [-0.05, 0) is 38.8 Å². The van der Waals surface area contributed by atoms with Gasteiger partial charge in [0.1, 0.15) is 11.9 Å². The summed E-state index contributed by atoms with van der Waals surface area (Å²) in [6.45, 7) is 4.35. The number of nitrogens with two attached hydrogens (primary N) is 1. The van der Waals surface area contributed by atoms with E-state index in [0.717, 1.165) is 12.8 Å². The highest BCUT2D eigenvalue weighted by Crippen LogP contribution is 2.27. The number of para-hydroxylation sites is 1. The summed E-state index contributed by atoms with van der Waals surface area (Å²) in [5, 5.41) is 0. The molecule has 0 bridgehead atoms. The normalized spacial score (nSPS) is 22.7. The molecule has 0 amide bonds. The molecule has 0 aliphatic carbocycles. The molecule has 19 heavy (non-hydrogen) atoms. The molecule has 4 heteroatoms. The van der Waals surface area contributed by atoms with Crippen molar-refractivity contribution in [3.8, 4) is 5.75 Å². The van der Waals surface area contributed by atoms with Crippen LogP contribution in [0, 0.1) is 0 Å². The Morgan fingerprint density at radius 3 is 2.79 bits per heavy atom. The SMILES string of the molecule is CC(C)Oc1ccccc1C(=O)C1CCC(CN)O1. The Kier molecular flexibility index (Phi) is 4.56. The Bertz CT molecular complexity index is 445. The fourth-order valence-corrected chi connectivity index (χ4v) is 2.27. The molecule has 0 saturated carbocycles. The van der Waals surface area contributed by atoms with E-state index in [1.807, 2.05) is 32.0 Å². The zero-order valence-electron chi connectivity index (χ0n) is 11.5. The molecule has 2 unspecified atom stereocenters. The van der Waals surface area contributed by atoms with Crippen LogP contribution in [-0.4, -0.2) is 30.6 Å². The quantitative estimate of drug-likeness (QED) is 0.827. The lowest BCUT2D eigenvalue weighted by molar-refractivity contribution is 0.0400. The Morgan fingerprint density at radius 2 is 2.16 bits per heavy atom. The predicted molar refractivity (Wildman–Crippen MR) is 73.5 cm³/mol. The predicted octanol–water partition coefficient (Wildman–Crippen LogP) is 2.16. The van der Waals surface area contributed by atoms with Crippen LogP contribution in [0.25, 0.3) is 0 Å². The minimum absolute atomic E-state index is 0.00660. The summed E-state index contributed by atoms with van der Waals surface area (Å²) in [5.74, 6) is 0.620. The first-order valence-electron chi connectivity index (χ1n) is 6.77. The number of hydrogen-bond acceptors (Lipinski definition) is 4. The highest BCUT2D eigenvalue weighted by molar-refractivity contribution is 6.02. The molecule has 1 heterocycles. The van der Waals surface area contributed by atoms with Gasteiger partial charge in [-0.3, -0.25) is 4.79 Å². The summed E-state index contributed by atoms with van der Waals surface area (Å²) in [5.41, 5.74) is 6.17. The highest BCUT2D eigenvalue weighted by atomic mass is 16.5. The fourth-order valence-electron chi connectivity index (χ4n) is 2.27. The molecular weight excluding hydrogens is 242 g/mol. The number of hydrogen-bond donors (Lipinski definition) is 1. The second kappa shape index (κ2) is 6.17. The van der Waals surface area contributed by atoms with E-state index in [4.69, 9.17) is 15.2 Å². The van der Waals surface area contributed by atoms with Crippen LogP contribution < -0.4 is 10.5 Å². The van der Waals surface area contributed by atoms with E-state index >= 15 is 0 Å². The van der Waals surface area contributed by atoms with E-state index in [-0.39, 0.29) is 24.1 Å². The maximum Gasteiger partial charge on any atom is 0.195 e. The van der Waals surface area contributed by atoms with Crippen LogP contribution in [0.4, 0.5) is 0 Å². The summed E-state index contributed by atoms with van der Waals surface area (Å²) in [7, 11) is 0. The van der Waals surface area contributed by atoms with Crippen molar-refractivity contribution in [2.24, 2.45) is 5.73 Å². The third kappa shape index (κ3) is 3.33. The van der Waals surface area contributed by atoms with Gasteiger partial charge >= 0.3 is 0 Å². The highest BCUT2D eigenvalue weighted by Gasteiger charge is 2.31. The van der Waals surface area contributed by atoms with Crippen LogP contribution in [0.15, 0.2) is 24.3 Å². The van der Waals surface area contributed by atoms with Gasteiger partial charge in [-0.25, -0.2) is 0 Å². The first-order valence-corrected chi connectivity index (χ1v) is 6.77. The molecule has 1 fully saturated rings. The molecule has 0 spiro atoms. The molecule has 104 valence electrons. The van der Waals surface area contributed by atoms with Crippen molar-refractivity contribution in [1.29, 1.82) is 0 Å². The van der Waals surface area contributed by atoms with Crippen LogP contribution >= 0.6 is 0 Å². The van der Waals surface area contributed by atoms with Gasteiger partial charge < -0.3 is 15.2 Å². The molecule has 1 saturated heterocycles. The molecule has 1 aromatic rings. The number of rotatable bonds is 5. The van der Waals surface area contributed by atoms with Crippen molar-refractivity contribution < 1.29 is 14.3 Å². The standard InChI is InChI=1S/C15H21NO3/c1-10(2)18-13-6-4-3-5-12(13)15(17)14-8-7-11(9-16)19-14/h3-6,10-11,14H,7-9,16H2,1-2H3. The Balaban J connectivity index is 2.15. The molecule has 2 atom stereocenters. The van der Waals surface area contributed by atoms with Crippen molar-refractivity contribution in [3.05, 3.63) is 29.8 Å². The molecular formula is C15H21NO3. The average molecular weight is 263 g/mol. The van der Waals surface area contributed by atoms with Crippen molar-refractivity contribution in [2.45, 2.75) is 45.0 Å². The van der Waals surface area contributed by atoms with Gasteiger partial charge in [0.15, 0.2) is 5.78 Å². The lowest BCUT2D eigenvalue weighted by Crippen LogP contribution is -2.25. The fraction of sp³-hybridized carbons (Fsp3) is 0.533. The molecule has 2 N–H and O–H groups in total. The van der Waals surface area contributed by atoms with Crippen molar-refractivity contribution >= 4 is 5.78 Å². The van der Waals surface area contributed by atoms with Crippen LogP contribution in [0.3, 0.4) is 0 Å². The van der Waals surface area contributed by atoms with Gasteiger partial charge in [0.25, 0.3) is 0 Å². The number of ketones is 1. The number of carbonyl (C=O) groups excluding carboxylic acids is 1. The summed E-state index contributed by atoms with van der Waals surface area (Å²) in [6.07, 6.45) is 1.24. The van der Waals surface area contributed by atoms with Gasteiger partial charge in [-0.1, -0.05) is 12.1 Å². The second-order valence-corrected chi connectivity index (χ2v) is 5.09. The monoisotopic (exact) mass is 263 g/mol. The lowest BCUT2D eigenvalue weighted by Gasteiger charge is -2.16. The summed E-state index contributed by atoms with van der Waals surface area (Å²) >= 11 is 0. The first-order chi connectivity index (χ1) is 9.11. The van der Waals surface area contributed by atoms with Gasteiger partial charge in [0.05, 0.1) is 17.8 Å². The van der Waals surface area contributed by atoms with Crippen LogP contribution in [-0.2, 0) is 4.74 Å². The van der Waals surface area contributed by atoms with Crippen molar-refractivity contribution in [2.75, 3.05) is 6.54 Å². The molecule has 2 rings (SSSR count). The van der Waals surface area contributed by atoms with Gasteiger partial charge in [-0.2, -0.15) is 0 Å². The number of carbonyl (C=O) groups is 1. The largest absolute Gasteiger partial charge is 0.490 e. The van der Waals surface area contributed by atoms with E-state index in [2.05, 4.69) is 0 Å². The van der Waals surface area contributed by atoms with Crippen LogP contribution in [0.1, 0.15) is 37.0 Å². The number of ether oxygens (including phenoxy) is 2. The Labute approximate surface area is 113 Å². The first kappa shape index (κ1) is 14.0. The Hall–Kier alpha value is -1.39. The van der Waals surface area contributed by atoms with Gasteiger partial charge in [-0.15, -0.1) is 0 Å². The van der Waals surface area contributed by atoms with Crippen molar-refractivity contribution in [3.63, 3.8) is 0 Å². The Morgan fingerprint density at radius 1 is 1.42 bits per heavy atom. The minimum atomic E-state index is -0.384. The van der Waals surface area contributed by atoms with Crippen molar-refractivity contribution in [1.82, 2.24) is 0 Å². The molecule has 1 aliphatic rings. The zero-order valence-corrected chi connectivity index (χ0v) is 11.5. The summed E-state index contributed by atoms with van der Waals surface area (Å²) in [6, 6.07) is 7.32. The van der Waals surface area contributed by atoms with Crippen LogP contribution in [0.2, 0.25) is 0 Å². The topological polar surface area (TPSA) is 61.5 Å². The number of Topliss-reactive ketones (excluding diaryl/α,β-unsaturated/α-hetero) is 1. The van der Waals surface area contributed by atoms with Gasteiger partial charge in [0.2, 0.25) is 0 Å². The molecule has 0 radical (unpaired) electrons. The van der Waals surface area contributed by atoms with E-state index < -0.39 is 0 Å². The minimum Gasteiger partial charge on any atom is -0.490 e. The van der Waals surface area contributed by atoms with Crippen LogP contribution in [0.5, 0.6) is 5.75 Å². The van der Waals surface area contributed by atoms with E-state index in [9.17, 15) is 4.79 Å². The van der Waals surface area contributed by atoms with Gasteiger partial charge in [0, 0.05) is 6.54 Å². The molecule has 1 aliphatic heterocycles. The third-order valence-corrected chi connectivity index (χ3v) is 3.18. The number of benzene rings is 1. The van der Waals surface area contributed by atoms with E-state index in [0.29, 0.717) is 17.9 Å². The lowest BCUT2D eigenvalue weighted by atomic mass is 10.0. The maximum absolute atomic E-state index is 12.5. The second-order valence-electron chi connectivity index (χ2n) is 5.09. The zero-order chi connectivity index (χ0) is 13.8. The van der Waals surface area contributed by atoms with E-state index in [1.54, 1.807) is 6.07 Å². The maximum atomic E-state index is 12.5. The summed E-state index contributed by atoms with van der Waals surface area (Å²) in [4.78, 5) is 12.5. The van der Waals surface area contributed by atoms with E-state index in [1.165, 1.54) is 0 Å². The average Bonchev–Trinajstić information content (AvgIpc) is 2.86. The molecule has 4 nitrogen and oxygen atoms in total. The smallest absolute Gasteiger partial charge is 0.195 e. The molecule has 0 aromatic heterocycles. The summed E-state index contributed by atoms with van der Waals surface area (Å²) < 4.78 is 11.3.